The number of amides is 1. The highest BCUT2D eigenvalue weighted by molar-refractivity contribution is 9.10. The lowest BCUT2D eigenvalue weighted by Crippen LogP contribution is -2.38. The predicted molar refractivity (Wildman–Crippen MR) is 108 cm³/mol. The van der Waals surface area contributed by atoms with Crippen molar-refractivity contribution in [1.29, 1.82) is 0 Å². The Morgan fingerprint density at radius 3 is 2.76 bits per heavy atom. The summed E-state index contributed by atoms with van der Waals surface area (Å²) in [5.74, 6) is 1.16. The van der Waals surface area contributed by atoms with Crippen LogP contribution in [0.25, 0.3) is 0 Å². The molecule has 2 aromatic carbocycles. The van der Waals surface area contributed by atoms with Gasteiger partial charge in [0.1, 0.15) is 23.9 Å². The Morgan fingerprint density at radius 1 is 1.17 bits per heavy atom. The van der Waals surface area contributed by atoms with Gasteiger partial charge in [-0.1, -0.05) is 0 Å². The number of fused-ring (bicyclic) bond motifs is 2. The third-order valence-electron chi connectivity index (χ3n) is 5.14. The number of benzene rings is 2. The van der Waals surface area contributed by atoms with Gasteiger partial charge in [0.15, 0.2) is 0 Å². The van der Waals surface area contributed by atoms with Crippen LogP contribution in [0, 0.1) is 0 Å². The van der Waals surface area contributed by atoms with Crippen molar-refractivity contribution in [2.45, 2.75) is 12.5 Å². The first-order valence-corrected chi connectivity index (χ1v) is 9.99. The van der Waals surface area contributed by atoms with E-state index in [1.807, 2.05) is 18.2 Å². The zero-order valence-corrected chi connectivity index (χ0v) is 17.7. The minimum atomic E-state index is -0.516. The Hall–Kier alpha value is -2.74. The van der Waals surface area contributed by atoms with Crippen LogP contribution in [0.2, 0.25) is 0 Å². The molecule has 0 aromatic heterocycles. The van der Waals surface area contributed by atoms with Gasteiger partial charge in [-0.2, -0.15) is 0 Å². The van der Waals surface area contributed by atoms with Crippen LogP contribution >= 0.6 is 15.9 Å². The van der Waals surface area contributed by atoms with Crippen molar-refractivity contribution < 1.29 is 28.5 Å². The molecule has 0 saturated heterocycles. The summed E-state index contributed by atoms with van der Waals surface area (Å²) < 4.78 is 22.3. The topological polar surface area (TPSA) is 74.3 Å². The normalized spacial score (nSPS) is 18.0. The summed E-state index contributed by atoms with van der Waals surface area (Å²) in [5.41, 5.74) is 1.51. The third kappa shape index (κ3) is 3.53. The molecule has 152 valence electrons. The van der Waals surface area contributed by atoms with Crippen molar-refractivity contribution in [3.8, 4) is 17.2 Å². The summed E-state index contributed by atoms with van der Waals surface area (Å²) in [6.45, 7) is 1.26. The number of esters is 1. The van der Waals surface area contributed by atoms with E-state index in [9.17, 15) is 9.59 Å². The van der Waals surface area contributed by atoms with Gasteiger partial charge in [0.2, 0.25) is 0 Å². The van der Waals surface area contributed by atoms with Crippen LogP contribution < -0.4 is 14.2 Å². The molecule has 0 unspecified atom stereocenters. The fourth-order valence-electron chi connectivity index (χ4n) is 3.74. The van der Waals surface area contributed by atoms with E-state index >= 15 is 0 Å². The Bertz CT molecular complexity index is 976. The lowest BCUT2D eigenvalue weighted by atomic mass is 9.97. The number of halogens is 1. The highest BCUT2D eigenvalue weighted by Gasteiger charge is 2.35. The summed E-state index contributed by atoms with van der Waals surface area (Å²) in [6.07, 6.45) is 0.652. The van der Waals surface area contributed by atoms with Gasteiger partial charge in [0, 0.05) is 12.0 Å². The zero-order valence-electron chi connectivity index (χ0n) is 16.1. The predicted octanol–water partition coefficient (Wildman–Crippen LogP) is 3.60. The highest BCUT2D eigenvalue weighted by Crippen LogP contribution is 2.41. The van der Waals surface area contributed by atoms with Gasteiger partial charge in [0.05, 0.1) is 49.0 Å². The average Bonchev–Trinajstić information content (AvgIpc) is 2.91. The van der Waals surface area contributed by atoms with Gasteiger partial charge >= 0.3 is 5.97 Å². The van der Waals surface area contributed by atoms with Crippen molar-refractivity contribution in [2.24, 2.45) is 0 Å². The molecule has 0 bridgehead atoms. The summed E-state index contributed by atoms with van der Waals surface area (Å²) in [4.78, 5) is 27.3. The summed E-state index contributed by atoms with van der Waals surface area (Å²) in [7, 11) is 2.91. The van der Waals surface area contributed by atoms with Gasteiger partial charge in [0.25, 0.3) is 5.91 Å². The molecule has 0 saturated carbocycles. The number of carbonyl (C=O) groups excluding carboxylic acids is 2. The zero-order chi connectivity index (χ0) is 20.5. The van der Waals surface area contributed by atoms with Crippen molar-refractivity contribution in [3.63, 3.8) is 0 Å². The molecule has 2 aliphatic heterocycles. The maximum Gasteiger partial charge on any atom is 0.337 e. The molecular weight excluding hydrogens is 442 g/mol. The highest BCUT2D eigenvalue weighted by atomic mass is 79.9. The fourth-order valence-corrected chi connectivity index (χ4v) is 4.31. The van der Waals surface area contributed by atoms with Crippen molar-refractivity contribution in [3.05, 3.63) is 51.5 Å². The number of methoxy groups -OCH3 is 2. The van der Waals surface area contributed by atoms with Gasteiger partial charge in [-0.25, -0.2) is 4.79 Å². The summed E-state index contributed by atoms with van der Waals surface area (Å²) in [6, 6.07) is 8.54. The first kappa shape index (κ1) is 19.6. The van der Waals surface area contributed by atoms with Gasteiger partial charge in [-0.05, 0) is 46.3 Å². The van der Waals surface area contributed by atoms with E-state index in [1.165, 1.54) is 13.2 Å². The number of carbonyl (C=O) groups is 2. The lowest BCUT2D eigenvalue weighted by molar-refractivity contribution is 0.0600. The fraction of sp³-hybridized carbons (Fsp3) is 0.333. The molecule has 1 atom stereocenters. The number of rotatable bonds is 3. The van der Waals surface area contributed by atoms with Gasteiger partial charge in [-0.3, -0.25) is 4.79 Å². The second kappa shape index (κ2) is 7.94. The number of hydrogen-bond acceptors (Lipinski definition) is 6. The molecule has 8 heteroatoms. The standard InChI is InChI=1S/C21H20BrNO6/c1-26-13-3-4-18-14(11-13)17(5-7-28-18)23-6-8-29-19-15(20(23)24)9-12(10-16(19)22)21(25)27-2/h3-4,9-11,17H,5-8H2,1-2H3/t17-/m0/s1. The Morgan fingerprint density at radius 2 is 2.00 bits per heavy atom. The molecule has 2 aromatic rings. The SMILES string of the molecule is COC(=O)c1cc(Br)c2c(c1)C(=O)N([C@H]1CCOc3ccc(OC)cc31)CCO2. The molecule has 0 aliphatic carbocycles. The Kier molecular flexibility index (Phi) is 5.36. The number of ether oxygens (including phenoxy) is 4. The van der Waals surface area contributed by atoms with Crippen LogP contribution in [-0.4, -0.2) is 50.8 Å². The van der Waals surface area contributed by atoms with E-state index in [1.54, 1.807) is 18.1 Å². The Balaban J connectivity index is 1.76. The molecule has 0 spiro atoms. The smallest absolute Gasteiger partial charge is 0.337 e. The second-order valence-corrected chi connectivity index (χ2v) is 7.58. The van der Waals surface area contributed by atoms with Crippen LogP contribution in [0.5, 0.6) is 17.2 Å². The quantitative estimate of drug-likeness (QED) is 0.650. The molecule has 0 radical (unpaired) electrons. The first-order chi connectivity index (χ1) is 14.0. The molecule has 0 N–H and O–H groups in total. The first-order valence-electron chi connectivity index (χ1n) is 9.20. The van der Waals surface area contributed by atoms with E-state index < -0.39 is 5.97 Å². The molecule has 29 heavy (non-hydrogen) atoms. The van der Waals surface area contributed by atoms with Crippen LogP contribution in [0.3, 0.4) is 0 Å². The number of hydrogen-bond donors (Lipinski definition) is 0. The molecule has 7 nitrogen and oxygen atoms in total. The van der Waals surface area contributed by atoms with Crippen LogP contribution in [0.15, 0.2) is 34.8 Å². The Labute approximate surface area is 176 Å². The largest absolute Gasteiger partial charge is 0.497 e. The van der Waals surface area contributed by atoms with E-state index in [0.29, 0.717) is 47.7 Å². The molecule has 2 aliphatic rings. The molecule has 4 rings (SSSR count). The summed E-state index contributed by atoms with van der Waals surface area (Å²) in [5, 5.41) is 0. The minimum Gasteiger partial charge on any atom is -0.497 e. The second-order valence-electron chi connectivity index (χ2n) is 6.73. The minimum absolute atomic E-state index is 0.184. The van der Waals surface area contributed by atoms with E-state index in [4.69, 9.17) is 18.9 Å². The monoisotopic (exact) mass is 461 g/mol. The molecule has 2 heterocycles. The maximum absolute atomic E-state index is 13.5. The third-order valence-corrected chi connectivity index (χ3v) is 5.72. The van der Waals surface area contributed by atoms with Crippen LogP contribution in [-0.2, 0) is 4.74 Å². The van der Waals surface area contributed by atoms with E-state index in [-0.39, 0.29) is 17.5 Å². The lowest BCUT2D eigenvalue weighted by Gasteiger charge is -2.35. The average molecular weight is 462 g/mol. The van der Waals surface area contributed by atoms with Crippen molar-refractivity contribution in [1.82, 2.24) is 4.90 Å². The molecule has 0 fully saturated rings. The molecular formula is C21H20BrNO6. The number of nitrogens with zero attached hydrogens (tertiary/aromatic N) is 1. The maximum atomic E-state index is 13.5. The van der Waals surface area contributed by atoms with Crippen molar-refractivity contribution in [2.75, 3.05) is 34.0 Å². The summed E-state index contributed by atoms with van der Waals surface area (Å²) >= 11 is 3.41. The van der Waals surface area contributed by atoms with Crippen LogP contribution in [0.1, 0.15) is 38.7 Å². The van der Waals surface area contributed by atoms with Crippen molar-refractivity contribution >= 4 is 27.8 Å². The van der Waals surface area contributed by atoms with Crippen LogP contribution in [0.4, 0.5) is 0 Å². The molecule has 1 amide bonds. The van der Waals surface area contributed by atoms with Gasteiger partial charge < -0.3 is 23.8 Å². The van der Waals surface area contributed by atoms with E-state index in [0.717, 1.165) is 11.3 Å². The van der Waals surface area contributed by atoms with Gasteiger partial charge in [-0.15, -0.1) is 0 Å². The van der Waals surface area contributed by atoms with E-state index in [2.05, 4.69) is 15.9 Å².